The van der Waals surface area contributed by atoms with E-state index in [2.05, 4.69) is 37.6 Å². The quantitative estimate of drug-likeness (QED) is 0.309. The Bertz CT molecular complexity index is 1190. The van der Waals surface area contributed by atoms with Gasteiger partial charge in [-0.2, -0.15) is 0 Å². The van der Waals surface area contributed by atoms with Crippen LogP contribution >= 0.6 is 0 Å². The van der Waals surface area contributed by atoms with Crippen molar-refractivity contribution < 1.29 is 24.2 Å². The molecule has 1 aromatic rings. The minimum Gasteiger partial charge on any atom is -0.461 e. The van der Waals surface area contributed by atoms with Gasteiger partial charge in [-0.1, -0.05) is 52.0 Å². The van der Waals surface area contributed by atoms with Gasteiger partial charge in [-0.15, -0.1) is 0 Å². The van der Waals surface area contributed by atoms with Crippen LogP contribution in [0.15, 0.2) is 46.1 Å². The molecular weight excluding hydrogens is 514 g/mol. The van der Waals surface area contributed by atoms with Gasteiger partial charge in [0, 0.05) is 6.42 Å². The molecule has 0 bridgehead atoms. The highest BCUT2D eigenvalue weighted by atomic mass is 16.5. The molecule has 6 heteroatoms. The summed E-state index contributed by atoms with van der Waals surface area (Å²) in [5.41, 5.74) is 4.10. The largest absolute Gasteiger partial charge is 0.461 e. The molecule has 0 radical (unpaired) electrons. The number of hydrogen-bond donors (Lipinski definition) is 2. The molecule has 4 aliphatic rings. The molecule has 0 saturated heterocycles. The Morgan fingerprint density at radius 3 is 2.61 bits per heavy atom. The molecule has 0 unspecified atom stereocenters. The molecule has 5 rings (SSSR count). The molecule has 4 aliphatic carbocycles. The lowest BCUT2D eigenvalue weighted by Crippen LogP contribution is -2.37. The van der Waals surface area contributed by atoms with E-state index < -0.39 is 12.2 Å². The van der Waals surface area contributed by atoms with Crippen molar-refractivity contribution in [1.82, 2.24) is 4.98 Å². The zero-order chi connectivity index (χ0) is 29.5. The Labute approximate surface area is 246 Å². The normalized spacial score (nSPS) is 34.6. The van der Waals surface area contributed by atoms with E-state index in [1.807, 2.05) is 20.8 Å². The monoisotopic (exact) mass is 565 g/mol. The Hall–Kier alpha value is -2.18. The van der Waals surface area contributed by atoms with Gasteiger partial charge in [0.15, 0.2) is 0 Å². The second-order valence-corrected chi connectivity index (χ2v) is 14.2. The lowest BCUT2D eigenvalue weighted by atomic mass is 9.60. The number of nitrogens with zero attached hydrogens (tertiary/aromatic N) is 1. The van der Waals surface area contributed by atoms with Crippen molar-refractivity contribution in [3.63, 3.8) is 0 Å². The molecule has 226 valence electrons. The van der Waals surface area contributed by atoms with Crippen molar-refractivity contribution in [2.75, 3.05) is 0 Å². The summed E-state index contributed by atoms with van der Waals surface area (Å²) in [5, 5.41) is 20.4. The average molecular weight is 566 g/mol. The van der Waals surface area contributed by atoms with E-state index in [-0.39, 0.29) is 28.8 Å². The molecular formula is C35H51NO5. The maximum absolute atomic E-state index is 12.8. The number of hydrogen-bond acceptors (Lipinski definition) is 6. The third kappa shape index (κ3) is 6.01. The van der Waals surface area contributed by atoms with Crippen molar-refractivity contribution >= 4 is 5.97 Å². The third-order valence-corrected chi connectivity index (χ3v) is 11.1. The Balaban J connectivity index is 1.29. The second-order valence-electron chi connectivity index (χ2n) is 14.2. The first-order valence-electron chi connectivity index (χ1n) is 16.0. The van der Waals surface area contributed by atoms with Gasteiger partial charge in [-0.25, -0.2) is 4.98 Å². The maximum atomic E-state index is 12.8. The lowest BCUT2D eigenvalue weighted by Gasteiger charge is -2.44. The van der Waals surface area contributed by atoms with E-state index in [1.165, 1.54) is 31.3 Å². The first kappa shape index (κ1) is 30.3. The standard InChI is InChI=1S/C35H51NO5/c1-21(2)32(39)41-31(35(16-17-35)33-36-23(4)20-40-33)14-9-22(3)28-12-13-29-25(8-7-15-34(28,29)6)10-11-26-18-27(37)19-30(38)24(26)5/h10-11,20-22,27-31,37-38H,5,7-9,12-19H2,1-4,6H3/b25-10+,26-11-/t22-,27-,28-,29+,30+,31+,34-/m1/s1. The Morgan fingerprint density at radius 2 is 1.95 bits per heavy atom. The highest BCUT2D eigenvalue weighted by Gasteiger charge is 2.57. The minimum atomic E-state index is -0.650. The van der Waals surface area contributed by atoms with Crippen LogP contribution in [0.5, 0.6) is 0 Å². The van der Waals surface area contributed by atoms with Crippen LogP contribution in [0.4, 0.5) is 0 Å². The predicted molar refractivity (Wildman–Crippen MR) is 160 cm³/mol. The summed E-state index contributed by atoms with van der Waals surface area (Å²) < 4.78 is 12.0. The number of aliphatic hydroxyl groups excluding tert-OH is 2. The molecule has 2 N–H and O–H groups in total. The molecule has 41 heavy (non-hydrogen) atoms. The summed E-state index contributed by atoms with van der Waals surface area (Å²) >= 11 is 0. The molecule has 7 atom stereocenters. The average Bonchev–Trinajstić information content (AvgIpc) is 3.47. The first-order valence-corrected chi connectivity index (χ1v) is 16.0. The summed E-state index contributed by atoms with van der Waals surface area (Å²) in [6.45, 7) is 14.7. The molecule has 0 aromatic carbocycles. The van der Waals surface area contributed by atoms with Crippen LogP contribution in [0.1, 0.15) is 110 Å². The summed E-state index contributed by atoms with van der Waals surface area (Å²) in [6.07, 6.45) is 15.4. The summed E-state index contributed by atoms with van der Waals surface area (Å²) in [6, 6.07) is 0. The molecule has 4 saturated carbocycles. The van der Waals surface area contributed by atoms with Crippen LogP contribution in [0.2, 0.25) is 0 Å². The smallest absolute Gasteiger partial charge is 0.308 e. The number of carbonyl (C=O) groups is 1. The fourth-order valence-electron chi connectivity index (χ4n) is 8.41. The molecule has 1 heterocycles. The van der Waals surface area contributed by atoms with Gasteiger partial charge in [-0.05, 0) is 105 Å². The van der Waals surface area contributed by atoms with Crippen LogP contribution in [0.25, 0.3) is 0 Å². The van der Waals surface area contributed by atoms with Gasteiger partial charge in [0.25, 0.3) is 0 Å². The number of aryl methyl sites for hydroxylation is 1. The van der Waals surface area contributed by atoms with Gasteiger partial charge in [-0.3, -0.25) is 4.79 Å². The van der Waals surface area contributed by atoms with Crippen molar-refractivity contribution in [3.05, 3.63) is 53.3 Å². The number of esters is 1. The van der Waals surface area contributed by atoms with E-state index in [0.29, 0.717) is 30.6 Å². The molecule has 6 nitrogen and oxygen atoms in total. The van der Waals surface area contributed by atoms with E-state index in [0.717, 1.165) is 54.8 Å². The van der Waals surface area contributed by atoms with Crippen LogP contribution in [0, 0.1) is 36.0 Å². The van der Waals surface area contributed by atoms with Gasteiger partial charge in [0.2, 0.25) is 5.89 Å². The van der Waals surface area contributed by atoms with E-state index in [1.54, 1.807) is 6.26 Å². The Kier molecular flexibility index (Phi) is 8.74. The number of aromatic nitrogens is 1. The number of rotatable bonds is 9. The zero-order valence-electron chi connectivity index (χ0n) is 25.8. The van der Waals surface area contributed by atoms with Crippen LogP contribution in [-0.4, -0.2) is 39.5 Å². The fraction of sp³-hybridized carbons (Fsp3) is 0.714. The van der Waals surface area contributed by atoms with Crippen LogP contribution in [0.3, 0.4) is 0 Å². The summed E-state index contributed by atoms with van der Waals surface area (Å²) in [7, 11) is 0. The fourth-order valence-corrected chi connectivity index (χ4v) is 8.41. The SMILES string of the molecule is C=C1/C(=C\C=C2/CCC[C@]3(C)[C@@H]([C@H](C)CC[C@H](OC(=O)C(C)C)C4(c5nc(C)co5)CC4)CC[C@@H]23)C[C@@H](O)C[C@@H]1O. The Morgan fingerprint density at radius 1 is 1.20 bits per heavy atom. The highest BCUT2D eigenvalue weighted by molar-refractivity contribution is 5.72. The topological polar surface area (TPSA) is 92.8 Å². The molecule has 1 aromatic heterocycles. The molecule has 0 aliphatic heterocycles. The van der Waals surface area contributed by atoms with Crippen molar-refractivity contribution in [2.45, 2.75) is 129 Å². The number of aliphatic hydroxyl groups is 2. The summed E-state index contributed by atoms with van der Waals surface area (Å²) in [4.78, 5) is 17.4. The van der Waals surface area contributed by atoms with Crippen LogP contribution < -0.4 is 0 Å². The van der Waals surface area contributed by atoms with Gasteiger partial charge in [0.05, 0.1) is 29.2 Å². The molecule has 0 spiro atoms. The van der Waals surface area contributed by atoms with Crippen molar-refractivity contribution in [2.24, 2.45) is 29.1 Å². The van der Waals surface area contributed by atoms with E-state index >= 15 is 0 Å². The second kappa shape index (κ2) is 11.8. The van der Waals surface area contributed by atoms with Gasteiger partial charge >= 0.3 is 5.97 Å². The minimum absolute atomic E-state index is 0.137. The van der Waals surface area contributed by atoms with Crippen LogP contribution in [-0.2, 0) is 14.9 Å². The van der Waals surface area contributed by atoms with Crippen molar-refractivity contribution in [3.8, 4) is 0 Å². The molecule has 0 amide bonds. The van der Waals surface area contributed by atoms with E-state index in [9.17, 15) is 15.0 Å². The predicted octanol–water partition coefficient (Wildman–Crippen LogP) is 7.14. The zero-order valence-corrected chi connectivity index (χ0v) is 25.8. The van der Waals surface area contributed by atoms with Crippen molar-refractivity contribution in [1.29, 1.82) is 0 Å². The third-order valence-electron chi connectivity index (χ3n) is 11.1. The first-order chi connectivity index (χ1) is 19.4. The highest BCUT2D eigenvalue weighted by Crippen LogP contribution is 2.60. The lowest BCUT2D eigenvalue weighted by molar-refractivity contribution is -0.155. The number of carbonyl (C=O) groups excluding carboxylic acids is 1. The van der Waals surface area contributed by atoms with Gasteiger partial charge < -0.3 is 19.4 Å². The number of oxazole rings is 1. The van der Waals surface area contributed by atoms with Gasteiger partial charge in [0.1, 0.15) is 12.4 Å². The number of ether oxygens (including phenoxy) is 1. The summed E-state index contributed by atoms with van der Waals surface area (Å²) in [5.74, 6) is 2.14. The maximum Gasteiger partial charge on any atom is 0.308 e. The molecule has 4 fully saturated rings. The number of allylic oxidation sites excluding steroid dienone is 3. The number of fused-ring (bicyclic) bond motifs is 1. The van der Waals surface area contributed by atoms with E-state index in [4.69, 9.17) is 9.15 Å².